The predicted molar refractivity (Wildman–Crippen MR) is 100 cm³/mol. The monoisotopic (exact) mass is 391 g/mol. The van der Waals surface area contributed by atoms with Crippen LogP contribution in [0.4, 0.5) is 0 Å². The number of hydrogen-bond donors (Lipinski definition) is 1. The van der Waals surface area contributed by atoms with Gasteiger partial charge in [0.1, 0.15) is 11.9 Å². The van der Waals surface area contributed by atoms with E-state index in [9.17, 15) is 8.42 Å². The molecule has 0 saturated heterocycles. The molecule has 4 rings (SSSR count). The maximum Gasteiger partial charge on any atom is 0.241 e. The highest BCUT2D eigenvalue weighted by Gasteiger charge is 2.29. The van der Waals surface area contributed by atoms with Gasteiger partial charge in [0.05, 0.1) is 29.8 Å². The number of sulfonamides is 1. The molecule has 0 spiro atoms. The second-order valence-corrected chi connectivity index (χ2v) is 8.98. The van der Waals surface area contributed by atoms with Gasteiger partial charge in [-0.1, -0.05) is 0 Å². The molecule has 0 saturated carbocycles. The highest BCUT2D eigenvalue weighted by atomic mass is 32.2. The maximum atomic E-state index is 13.0. The summed E-state index contributed by atoms with van der Waals surface area (Å²) in [5, 5.41) is 4.61. The molecule has 7 nitrogen and oxygen atoms in total. The van der Waals surface area contributed by atoms with E-state index in [1.165, 1.54) is 0 Å². The van der Waals surface area contributed by atoms with E-state index in [0.717, 1.165) is 48.3 Å². The van der Waals surface area contributed by atoms with E-state index >= 15 is 0 Å². The Hall–Kier alpha value is -1.90. The fraction of sp³-hybridized carbons (Fsp3) is 0.526. The Morgan fingerprint density at radius 3 is 3.04 bits per heavy atom. The molecule has 0 amide bonds. The molecule has 0 fully saturated rings. The van der Waals surface area contributed by atoms with Crippen molar-refractivity contribution in [3.05, 3.63) is 41.2 Å². The van der Waals surface area contributed by atoms with Crippen LogP contribution in [0.3, 0.4) is 0 Å². The molecule has 1 N–H and O–H groups in total. The number of aryl methyl sites for hydroxylation is 1. The lowest BCUT2D eigenvalue weighted by Gasteiger charge is -2.22. The Labute approximate surface area is 159 Å². The van der Waals surface area contributed by atoms with Gasteiger partial charge in [-0.25, -0.2) is 13.1 Å². The minimum Gasteiger partial charge on any atom is -0.490 e. The zero-order chi connectivity index (χ0) is 19.0. The largest absolute Gasteiger partial charge is 0.490 e. The van der Waals surface area contributed by atoms with Gasteiger partial charge in [0.25, 0.3) is 0 Å². The lowest BCUT2D eigenvalue weighted by Crippen LogP contribution is -2.31. The zero-order valence-corrected chi connectivity index (χ0v) is 16.5. The van der Waals surface area contributed by atoms with Crippen LogP contribution in [-0.2, 0) is 34.1 Å². The quantitative estimate of drug-likeness (QED) is 0.816. The van der Waals surface area contributed by atoms with Crippen LogP contribution in [0, 0.1) is 0 Å². The van der Waals surface area contributed by atoms with Gasteiger partial charge in [-0.2, -0.15) is 5.10 Å². The molecule has 2 aliphatic rings. The molecule has 8 heteroatoms. The van der Waals surface area contributed by atoms with Crippen molar-refractivity contribution in [1.29, 1.82) is 0 Å². The Balaban J connectivity index is 1.56. The first-order valence-corrected chi connectivity index (χ1v) is 10.8. The predicted octanol–water partition coefficient (Wildman–Crippen LogP) is 2.21. The summed E-state index contributed by atoms with van der Waals surface area (Å²) in [5.41, 5.74) is 2.89. The summed E-state index contributed by atoms with van der Waals surface area (Å²) in [6, 6.07) is 4.78. The molecule has 146 valence electrons. The van der Waals surface area contributed by atoms with Crippen LogP contribution in [-0.4, -0.2) is 38.0 Å². The van der Waals surface area contributed by atoms with Crippen LogP contribution in [0.15, 0.2) is 29.3 Å². The van der Waals surface area contributed by atoms with Crippen LogP contribution < -0.4 is 9.46 Å². The highest BCUT2D eigenvalue weighted by molar-refractivity contribution is 7.89. The number of fused-ring (bicyclic) bond motifs is 2. The second kappa shape index (κ2) is 7.26. The molecule has 1 aromatic carbocycles. The van der Waals surface area contributed by atoms with Gasteiger partial charge in [0.2, 0.25) is 10.0 Å². The Morgan fingerprint density at radius 1 is 1.37 bits per heavy atom. The van der Waals surface area contributed by atoms with Crippen LogP contribution in [0.25, 0.3) is 0 Å². The number of benzene rings is 1. The third-order valence-electron chi connectivity index (χ3n) is 5.14. The Morgan fingerprint density at radius 2 is 2.22 bits per heavy atom. The van der Waals surface area contributed by atoms with Gasteiger partial charge in [0, 0.05) is 19.7 Å². The lowest BCUT2D eigenvalue weighted by atomic mass is 9.94. The van der Waals surface area contributed by atoms with Gasteiger partial charge in [0.15, 0.2) is 0 Å². The molecular formula is C19H25N3O4S. The fourth-order valence-electron chi connectivity index (χ4n) is 3.83. The van der Waals surface area contributed by atoms with Gasteiger partial charge >= 0.3 is 0 Å². The molecule has 1 aliphatic carbocycles. The minimum atomic E-state index is -3.63. The van der Waals surface area contributed by atoms with Crippen LogP contribution in [0.2, 0.25) is 0 Å². The van der Waals surface area contributed by atoms with Crippen molar-refractivity contribution in [3.8, 4) is 5.75 Å². The van der Waals surface area contributed by atoms with Gasteiger partial charge in [-0.3, -0.25) is 4.68 Å². The second-order valence-electron chi connectivity index (χ2n) is 7.26. The Kier molecular flexibility index (Phi) is 4.96. The van der Waals surface area contributed by atoms with Crippen molar-refractivity contribution in [2.45, 2.75) is 56.2 Å². The molecule has 2 unspecified atom stereocenters. The van der Waals surface area contributed by atoms with E-state index in [-0.39, 0.29) is 17.0 Å². The number of rotatable bonds is 6. The highest BCUT2D eigenvalue weighted by Crippen LogP contribution is 2.33. The number of ether oxygens (including phenoxy) is 2. The summed E-state index contributed by atoms with van der Waals surface area (Å²) in [6.45, 7) is 3.22. The third kappa shape index (κ3) is 3.74. The molecule has 1 aliphatic heterocycles. The first-order chi connectivity index (χ1) is 13.0. The number of methoxy groups -OCH3 is 1. The van der Waals surface area contributed by atoms with E-state index in [1.807, 2.05) is 17.8 Å². The number of nitrogens with zero attached hydrogens (tertiary/aromatic N) is 2. The van der Waals surface area contributed by atoms with E-state index < -0.39 is 10.0 Å². The molecule has 2 atom stereocenters. The molecule has 1 aromatic heterocycles. The summed E-state index contributed by atoms with van der Waals surface area (Å²) < 4.78 is 41.4. The minimum absolute atomic E-state index is 0.0860. The summed E-state index contributed by atoms with van der Waals surface area (Å²) in [6.07, 6.45) is 5.43. The average molecular weight is 391 g/mol. The van der Waals surface area contributed by atoms with Crippen LogP contribution in [0.1, 0.15) is 42.6 Å². The van der Waals surface area contributed by atoms with E-state index in [4.69, 9.17) is 9.47 Å². The van der Waals surface area contributed by atoms with Crippen molar-refractivity contribution in [2.75, 3.05) is 13.7 Å². The van der Waals surface area contributed by atoms with Crippen molar-refractivity contribution in [1.82, 2.24) is 14.5 Å². The summed E-state index contributed by atoms with van der Waals surface area (Å²) in [7, 11) is -1.97. The number of aromatic nitrogens is 2. The van der Waals surface area contributed by atoms with Crippen LogP contribution >= 0.6 is 0 Å². The standard InChI is InChI=1S/C19H25N3O4S/c1-13-10-15-11-16(6-7-18(15)26-13)27(23,24)21-17-5-3-4-14-12-22(8-9-25-2)20-19(14)17/h6-7,11-13,17,21H,3-5,8-10H2,1-2H3. The molecule has 0 bridgehead atoms. The van der Waals surface area contributed by atoms with Crippen molar-refractivity contribution in [2.24, 2.45) is 0 Å². The molecule has 2 heterocycles. The maximum absolute atomic E-state index is 13.0. The number of nitrogens with one attached hydrogen (secondary N) is 1. The van der Waals surface area contributed by atoms with E-state index in [0.29, 0.717) is 13.2 Å². The van der Waals surface area contributed by atoms with Crippen molar-refractivity contribution < 1.29 is 17.9 Å². The van der Waals surface area contributed by atoms with Gasteiger partial charge < -0.3 is 9.47 Å². The van der Waals surface area contributed by atoms with Crippen LogP contribution in [0.5, 0.6) is 5.75 Å². The van der Waals surface area contributed by atoms with E-state index in [2.05, 4.69) is 9.82 Å². The Bertz CT molecular complexity index is 938. The topological polar surface area (TPSA) is 82.5 Å². The zero-order valence-electron chi connectivity index (χ0n) is 15.6. The third-order valence-corrected chi connectivity index (χ3v) is 6.61. The number of hydrogen-bond acceptors (Lipinski definition) is 5. The summed E-state index contributed by atoms with van der Waals surface area (Å²) in [4.78, 5) is 0.282. The normalized spacial score (nSPS) is 21.6. The molecular weight excluding hydrogens is 366 g/mol. The lowest BCUT2D eigenvalue weighted by molar-refractivity contribution is 0.183. The smallest absolute Gasteiger partial charge is 0.241 e. The first kappa shape index (κ1) is 18.5. The first-order valence-electron chi connectivity index (χ1n) is 9.33. The SMILES string of the molecule is COCCn1cc2c(n1)C(NS(=O)(=O)c1ccc3c(c1)CC(C)O3)CCC2. The fourth-order valence-corrected chi connectivity index (χ4v) is 5.12. The van der Waals surface area contributed by atoms with Gasteiger partial charge in [-0.15, -0.1) is 0 Å². The summed E-state index contributed by atoms with van der Waals surface area (Å²) in [5.74, 6) is 0.776. The average Bonchev–Trinajstić information content (AvgIpc) is 3.21. The molecule has 27 heavy (non-hydrogen) atoms. The summed E-state index contributed by atoms with van der Waals surface area (Å²) >= 11 is 0. The molecule has 2 aromatic rings. The van der Waals surface area contributed by atoms with Crippen molar-refractivity contribution >= 4 is 10.0 Å². The molecule has 0 radical (unpaired) electrons. The van der Waals surface area contributed by atoms with Crippen molar-refractivity contribution in [3.63, 3.8) is 0 Å². The van der Waals surface area contributed by atoms with Gasteiger partial charge in [-0.05, 0) is 55.5 Å². The van der Waals surface area contributed by atoms with E-state index in [1.54, 1.807) is 25.3 Å².